The van der Waals surface area contributed by atoms with Crippen LogP contribution in [-0.2, 0) is 4.74 Å². The van der Waals surface area contributed by atoms with Gasteiger partial charge in [0.2, 0.25) is 5.78 Å². The number of carbonyl (C=O) groups is 2. The fourth-order valence-electron chi connectivity index (χ4n) is 3.49. The fourth-order valence-corrected chi connectivity index (χ4v) is 3.49. The lowest BCUT2D eigenvalue weighted by Gasteiger charge is -2.30. The van der Waals surface area contributed by atoms with Gasteiger partial charge in [-0.25, -0.2) is 0 Å². The monoisotopic (exact) mass is 284 g/mol. The number of benzene rings is 1. The molecular weight excluding hydrogens is 264 g/mol. The highest BCUT2D eigenvalue weighted by Crippen LogP contribution is 2.39. The standard InChI is InChI=1S/C18H20O3/c1-11-7-9-12(10-8-11)15-16(19)13-5-3-4-6-14(13)17(20)18(15)21-2/h3-6,11-12H,7-10H2,1-2H3. The minimum absolute atomic E-state index is 0.0263. The van der Waals surface area contributed by atoms with Crippen molar-refractivity contribution in [1.29, 1.82) is 0 Å². The van der Waals surface area contributed by atoms with E-state index in [0.717, 1.165) is 25.7 Å². The molecule has 0 saturated heterocycles. The van der Waals surface area contributed by atoms with Gasteiger partial charge < -0.3 is 4.74 Å². The van der Waals surface area contributed by atoms with E-state index in [1.807, 2.05) is 6.07 Å². The number of rotatable bonds is 2. The predicted molar refractivity (Wildman–Crippen MR) is 80.3 cm³/mol. The highest BCUT2D eigenvalue weighted by Gasteiger charge is 2.37. The van der Waals surface area contributed by atoms with Crippen molar-refractivity contribution in [3.8, 4) is 0 Å². The van der Waals surface area contributed by atoms with Gasteiger partial charge in [-0.2, -0.15) is 0 Å². The van der Waals surface area contributed by atoms with Gasteiger partial charge in [-0.15, -0.1) is 0 Å². The maximum absolute atomic E-state index is 12.8. The summed E-state index contributed by atoms with van der Waals surface area (Å²) in [5, 5.41) is 0. The lowest BCUT2D eigenvalue weighted by atomic mass is 9.74. The highest BCUT2D eigenvalue weighted by atomic mass is 16.5. The van der Waals surface area contributed by atoms with Gasteiger partial charge in [0.15, 0.2) is 11.5 Å². The third-order valence-electron chi connectivity index (χ3n) is 4.74. The van der Waals surface area contributed by atoms with Crippen LogP contribution < -0.4 is 0 Å². The first-order valence-electron chi connectivity index (χ1n) is 7.60. The Kier molecular flexibility index (Phi) is 3.66. The van der Waals surface area contributed by atoms with Crippen LogP contribution >= 0.6 is 0 Å². The normalized spacial score (nSPS) is 25.8. The van der Waals surface area contributed by atoms with Crippen molar-refractivity contribution >= 4 is 11.6 Å². The number of ether oxygens (including phenoxy) is 1. The van der Waals surface area contributed by atoms with E-state index < -0.39 is 0 Å². The molecule has 0 heterocycles. The van der Waals surface area contributed by atoms with Crippen molar-refractivity contribution in [3.05, 3.63) is 46.7 Å². The van der Waals surface area contributed by atoms with Gasteiger partial charge in [-0.1, -0.05) is 44.0 Å². The molecule has 21 heavy (non-hydrogen) atoms. The fraction of sp³-hybridized carbons (Fsp3) is 0.444. The van der Waals surface area contributed by atoms with E-state index in [9.17, 15) is 9.59 Å². The lowest BCUT2D eigenvalue weighted by molar-refractivity contribution is 0.0889. The number of hydrogen-bond acceptors (Lipinski definition) is 3. The number of allylic oxidation sites excluding steroid dienone is 2. The zero-order valence-corrected chi connectivity index (χ0v) is 12.5. The number of ketones is 2. The van der Waals surface area contributed by atoms with Gasteiger partial charge in [0.1, 0.15) is 0 Å². The van der Waals surface area contributed by atoms with Crippen LogP contribution in [-0.4, -0.2) is 18.7 Å². The molecule has 0 amide bonds. The second-order valence-corrected chi connectivity index (χ2v) is 6.11. The maximum atomic E-state index is 12.8. The molecule has 0 atom stereocenters. The minimum Gasteiger partial charge on any atom is -0.492 e. The largest absolute Gasteiger partial charge is 0.492 e. The Bertz CT molecular complexity index is 619. The van der Waals surface area contributed by atoms with Crippen LogP contribution in [0.2, 0.25) is 0 Å². The van der Waals surface area contributed by atoms with Crippen LogP contribution in [0.25, 0.3) is 0 Å². The summed E-state index contributed by atoms with van der Waals surface area (Å²) >= 11 is 0. The van der Waals surface area contributed by atoms with Crippen molar-refractivity contribution in [2.45, 2.75) is 32.6 Å². The molecule has 1 saturated carbocycles. The quantitative estimate of drug-likeness (QED) is 0.829. The van der Waals surface area contributed by atoms with Gasteiger partial charge in [-0.05, 0) is 24.7 Å². The molecule has 1 aromatic carbocycles. The molecule has 0 aromatic heterocycles. The Morgan fingerprint density at radius 2 is 1.52 bits per heavy atom. The van der Waals surface area contributed by atoms with Gasteiger partial charge in [-0.3, -0.25) is 9.59 Å². The van der Waals surface area contributed by atoms with Gasteiger partial charge in [0.05, 0.1) is 7.11 Å². The Hall–Kier alpha value is -1.90. The summed E-state index contributed by atoms with van der Waals surface area (Å²) in [4.78, 5) is 25.4. The molecule has 0 unspecified atom stereocenters. The van der Waals surface area contributed by atoms with Crippen LogP contribution in [0.5, 0.6) is 0 Å². The molecule has 2 aliphatic carbocycles. The number of methoxy groups -OCH3 is 1. The smallest absolute Gasteiger partial charge is 0.228 e. The minimum atomic E-state index is -0.152. The third kappa shape index (κ3) is 2.31. The Morgan fingerprint density at radius 3 is 2.10 bits per heavy atom. The number of carbonyl (C=O) groups excluding carboxylic acids is 2. The van der Waals surface area contributed by atoms with Gasteiger partial charge >= 0.3 is 0 Å². The third-order valence-corrected chi connectivity index (χ3v) is 4.74. The van der Waals surface area contributed by atoms with Crippen molar-refractivity contribution in [2.75, 3.05) is 7.11 Å². The number of hydrogen-bond donors (Lipinski definition) is 0. The van der Waals surface area contributed by atoms with Crippen LogP contribution in [0, 0.1) is 11.8 Å². The Morgan fingerprint density at radius 1 is 0.952 bits per heavy atom. The van der Waals surface area contributed by atoms with E-state index in [1.54, 1.807) is 18.2 Å². The predicted octanol–water partition coefficient (Wildman–Crippen LogP) is 3.79. The summed E-state index contributed by atoms with van der Waals surface area (Å²) in [6.45, 7) is 2.24. The van der Waals surface area contributed by atoms with Crippen molar-refractivity contribution in [2.24, 2.45) is 11.8 Å². The highest BCUT2D eigenvalue weighted by molar-refractivity contribution is 6.26. The summed E-state index contributed by atoms with van der Waals surface area (Å²) in [6, 6.07) is 7.04. The van der Waals surface area contributed by atoms with Crippen molar-refractivity contribution in [3.63, 3.8) is 0 Å². The number of fused-ring (bicyclic) bond motifs is 1. The van der Waals surface area contributed by atoms with Crippen LogP contribution in [0.3, 0.4) is 0 Å². The summed E-state index contributed by atoms with van der Waals surface area (Å²) in [6.07, 6.45) is 4.14. The summed E-state index contributed by atoms with van der Waals surface area (Å²) < 4.78 is 5.33. The molecule has 0 aliphatic heterocycles. The molecule has 110 valence electrons. The molecule has 2 aliphatic rings. The molecule has 1 aromatic rings. The summed E-state index contributed by atoms with van der Waals surface area (Å²) in [5.41, 5.74) is 1.59. The van der Waals surface area contributed by atoms with Gasteiger partial charge in [0, 0.05) is 16.7 Å². The van der Waals surface area contributed by atoms with E-state index in [2.05, 4.69) is 6.92 Å². The molecule has 0 bridgehead atoms. The number of Topliss-reactive ketones (excluding diaryl/α,β-unsaturated/α-hetero) is 2. The molecule has 0 spiro atoms. The summed E-state index contributed by atoms with van der Waals surface area (Å²) in [5.74, 6) is 0.941. The van der Waals surface area contributed by atoms with Crippen molar-refractivity contribution < 1.29 is 14.3 Å². The van der Waals surface area contributed by atoms with E-state index in [1.165, 1.54) is 7.11 Å². The molecule has 3 heteroatoms. The van der Waals surface area contributed by atoms with E-state index in [-0.39, 0.29) is 23.2 Å². The summed E-state index contributed by atoms with van der Waals surface area (Å²) in [7, 11) is 1.49. The molecule has 0 N–H and O–H groups in total. The molecule has 0 radical (unpaired) electrons. The molecular formula is C18H20O3. The maximum Gasteiger partial charge on any atom is 0.228 e. The second kappa shape index (κ2) is 5.47. The van der Waals surface area contributed by atoms with Crippen LogP contribution in [0.4, 0.5) is 0 Å². The first-order chi connectivity index (χ1) is 10.1. The van der Waals surface area contributed by atoms with Crippen LogP contribution in [0.1, 0.15) is 53.3 Å². The topological polar surface area (TPSA) is 43.4 Å². The SMILES string of the molecule is COC1=C(C2CCC(C)CC2)C(=O)c2ccccc2C1=O. The Balaban J connectivity index is 2.05. The van der Waals surface area contributed by atoms with E-state index in [4.69, 9.17) is 4.74 Å². The molecule has 1 fully saturated rings. The average Bonchev–Trinajstić information content (AvgIpc) is 2.52. The molecule has 3 rings (SSSR count). The van der Waals surface area contributed by atoms with Gasteiger partial charge in [0.25, 0.3) is 0 Å². The van der Waals surface area contributed by atoms with Crippen molar-refractivity contribution in [1.82, 2.24) is 0 Å². The zero-order valence-electron chi connectivity index (χ0n) is 12.5. The first-order valence-corrected chi connectivity index (χ1v) is 7.60. The zero-order chi connectivity index (χ0) is 15.0. The van der Waals surface area contributed by atoms with E-state index in [0.29, 0.717) is 22.6 Å². The Labute approximate surface area is 125 Å². The van der Waals surface area contributed by atoms with E-state index >= 15 is 0 Å². The molecule has 3 nitrogen and oxygen atoms in total. The average molecular weight is 284 g/mol. The second-order valence-electron chi connectivity index (χ2n) is 6.11. The lowest BCUT2D eigenvalue weighted by Crippen LogP contribution is -2.29. The first kappa shape index (κ1) is 14.1. The van der Waals surface area contributed by atoms with Crippen LogP contribution in [0.15, 0.2) is 35.6 Å².